The van der Waals surface area contributed by atoms with E-state index in [0.717, 1.165) is 23.3 Å². The highest BCUT2D eigenvalue weighted by atomic mass is 19.4. The number of nitrogens with one attached hydrogen (secondary N) is 1. The first-order valence-electron chi connectivity index (χ1n) is 14.4. The Morgan fingerprint density at radius 2 is 1.71 bits per heavy atom. The molecule has 12 heteroatoms. The van der Waals surface area contributed by atoms with Crippen LogP contribution in [-0.4, -0.2) is 76.6 Å². The van der Waals surface area contributed by atoms with Crippen molar-refractivity contribution in [3.8, 4) is 5.75 Å². The third-order valence-corrected chi connectivity index (χ3v) is 7.88. The van der Waals surface area contributed by atoms with E-state index < -0.39 is 35.9 Å². The van der Waals surface area contributed by atoms with Gasteiger partial charge in [0.15, 0.2) is 0 Å². The van der Waals surface area contributed by atoms with Gasteiger partial charge in [0, 0.05) is 26.1 Å². The summed E-state index contributed by atoms with van der Waals surface area (Å²) < 4.78 is 45.7. The summed E-state index contributed by atoms with van der Waals surface area (Å²) >= 11 is 0. The van der Waals surface area contributed by atoms with Crippen LogP contribution in [0.2, 0.25) is 0 Å². The lowest BCUT2D eigenvalue weighted by molar-refractivity contribution is -0.189. The van der Waals surface area contributed by atoms with Gasteiger partial charge in [-0.25, -0.2) is 14.8 Å². The van der Waals surface area contributed by atoms with Crippen molar-refractivity contribution in [1.29, 1.82) is 0 Å². The number of urea groups is 1. The number of fused-ring (bicyclic) bond motifs is 1. The number of halogens is 3. The van der Waals surface area contributed by atoms with E-state index in [0.29, 0.717) is 5.75 Å². The zero-order valence-electron chi connectivity index (χ0n) is 24.7. The lowest BCUT2D eigenvalue weighted by atomic mass is 9.98. The number of carbonyl (C=O) groups is 3. The molecule has 45 heavy (non-hydrogen) atoms. The maximum atomic E-state index is 14.0. The molecular formula is C33H34F3N5O4. The number of methoxy groups -OCH3 is 1. The van der Waals surface area contributed by atoms with Crippen LogP contribution in [-0.2, 0) is 35.3 Å². The van der Waals surface area contributed by atoms with Gasteiger partial charge in [0.1, 0.15) is 18.0 Å². The van der Waals surface area contributed by atoms with Crippen molar-refractivity contribution in [3.05, 3.63) is 114 Å². The molecule has 9 nitrogen and oxygen atoms in total. The van der Waals surface area contributed by atoms with Gasteiger partial charge in [-0.2, -0.15) is 13.2 Å². The first-order chi connectivity index (χ1) is 21.6. The number of ether oxygens (including phenoxy) is 1. The van der Waals surface area contributed by atoms with Gasteiger partial charge in [-0.3, -0.25) is 9.59 Å². The number of benzene rings is 3. The predicted molar refractivity (Wildman–Crippen MR) is 160 cm³/mol. The average Bonchev–Trinajstić information content (AvgIpc) is 3.02. The molecule has 0 radical (unpaired) electrons. The quantitative estimate of drug-likeness (QED) is 0.357. The number of rotatable bonds is 9. The van der Waals surface area contributed by atoms with E-state index in [9.17, 15) is 27.6 Å². The highest BCUT2D eigenvalue weighted by Gasteiger charge is 2.51. The standard InChI is InChI=1S/C33H34F3N5O4/c1-3-16-39-22-30(42)40-28(18-23-8-5-4-6-9-23)31(43)38(20-25-10-7-11-26(17-25)33(34,35)36)21-29(40)41(39)32(44)37-19-24-12-14-27(45-2)15-13-24/h3-15,17,28-29H,1,16,18-22H2,2H3,(H,37,44)/t28-,29-/m0/s1. The number of alkyl halides is 3. The van der Waals surface area contributed by atoms with Gasteiger partial charge in [0.2, 0.25) is 11.8 Å². The summed E-state index contributed by atoms with van der Waals surface area (Å²) in [5.74, 6) is -0.0738. The molecule has 0 bridgehead atoms. The molecule has 0 aromatic heterocycles. The van der Waals surface area contributed by atoms with E-state index in [4.69, 9.17) is 4.74 Å². The van der Waals surface area contributed by atoms with Crippen LogP contribution in [0.15, 0.2) is 91.5 Å². The number of nitrogens with zero attached hydrogens (tertiary/aromatic N) is 4. The Labute approximate surface area is 259 Å². The van der Waals surface area contributed by atoms with Crippen molar-refractivity contribution in [1.82, 2.24) is 25.1 Å². The molecule has 3 aromatic rings. The number of hydrazine groups is 1. The van der Waals surface area contributed by atoms with Crippen molar-refractivity contribution in [2.75, 3.05) is 26.7 Å². The smallest absolute Gasteiger partial charge is 0.416 e. The maximum Gasteiger partial charge on any atom is 0.416 e. The van der Waals surface area contributed by atoms with Crippen molar-refractivity contribution in [3.63, 3.8) is 0 Å². The van der Waals surface area contributed by atoms with Gasteiger partial charge in [0.05, 0.1) is 25.8 Å². The van der Waals surface area contributed by atoms with Gasteiger partial charge in [-0.05, 0) is 41.0 Å². The number of carbonyl (C=O) groups excluding carboxylic acids is 3. The largest absolute Gasteiger partial charge is 0.497 e. The van der Waals surface area contributed by atoms with Crippen LogP contribution < -0.4 is 10.1 Å². The third-order valence-electron chi connectivity index (χ3n) is 7.88. The van der Waals surface area contributed by atoms with Crippen LogP contribution in [0, 0.1) is 0 Å². The molecule has 2 fully saturated rings. The Bertz CT molecular complexity index is 1530. The van der Waals surface area contributed by atoms with Crippen LogP contribution >= 0.6 is 0 Å². The summed E-state index contributed by atoms with van der Waals surface area (Å²) in [6.45, 7) is 3.74. The first-order valence-corrected chi connectivity index (χ1v) is 14.4. The van der Waals surface area contributed by atoms with Crippen molar-refractivity contribution in [2.24, 2.45) is 0 Å². The van der Waals surface area contributed by atoms with E-state index in [1.165, 1.54) is 26.9 Å². The summed E-state index contributed by atoms with van der Waals surface area (Å²) in [4.78, 5) is 44.4. The molecule has 3 aromatic carbocycles. The second-order valence-electron chi connectivity index (χ2n) is 10.9. The Kier molecular flexibility index (Phi) is 9.43. The molecule has 2 atom stereocenters. The van der Waals surface area contributed by atoms with Gasteiger partial charge < -0.3 is 19.9 Å². The summed E-state index contributed by atoms with van der Waals surface area (Å²) in [5, 5.41) is 5.90. The number of hydrogen-bond donors (Lipinski definition) is 1. The second-order valence-corrected chi connectivity index (χ2v) is 10.9. The van der Waals surface area contributed by atoms with Crippen molar-refractivity contribution >= 4 is 17.8 Å². The van der Waals surface area contributed by atoms with Crippen molar-refractivity contribution in [2.45, 2.75) is 37.9 Å². The maximum absolute atomic E-state index is 14.0. The summed E-state index contributed by atoms with van der Waals surface area (Å²) in [7, 11) is 1.56. The first kappa shape index (κ1) is 31.6. The Morgan fingerprint density at radius 1 is 1.00 bits per heavy atom. The van der Waals surface area contributed by atoms with Crippen LogP contribution in [0.3, 0.4) is 0 Å². The van der Waals surface area contributed by atoms with Crippen LogP contribution in [0.5, 0.6) is 5.75 Å². The molecule has 2 heterocycles. The Morgan fingerprint density at radius 3 is 2.38 bits per heavy atom. The molecule has 1 N–H and O–H groups in total. The van der Waals surface area contributed by atoms with E-state index in [1.54, 1.807) is 30.3 Å². The topological polar surface area (TPSA) is 85.4 Å². The molecule has 2 aliphatic heterocycles. The minimum Gasteiger partial charge on any atom is -0.497 e. The van der Waals surface area contributed by atoms with Crippen LogP contribution in [0.25, 0.3) is 0 Å². The summed E-state index contributed by atoms with van der Waals surface area (Å²) in [6.07, 6.45) is -3.72. The Hall–Kier alpha value is -4.84. The molecule has 236 valence electrons. The second kappa shape index (κ2) is 13.4. The highest BCUT2D eigenvalue weighted by Crippen LogP contribution is 2.32. The van der Waals surface area contributed by atoms with E-state index in [2.05, 4.69) is 11.9 Å². The predicted octanol–water partition coefficient (Wildman–Crippen LogP) is 4.45. The van der Waals surface area contributed by atoms with Gasteiger partial charge in [0.25, 0.3) is 0 Å². The lowest BCUT2D eigenvalue weighted by Crippen LogP contribution is -2.76. The van der Waals surface area contributed by atoms with E-state index in [-0.39, 0.29) is 50.6 Å². The minimum absolute atomic E-state index is 0.101. The summed E-state index contributed by atoms with van der Waals surface area (Å²) in [5.41, 5.74) is 1.07. The summed E-state index contributed by atoms with van der Waals surface area (Å²) in [6, 6.07) is 19.7. The van der Waals surface area contributed by atoms with Crippen LogP contribution in [0.1, 0.15) is 22.3 Å². The molecule has 0 saturated carbocycles. The molecule has 4 amide bonds. The fraction of sp³-hybridized carbons (Fsp3) is 0.303. The third kappa shape index (κ3) is 7.12. The lowest BCUT2D eigenvalue weighted by Gasteiger charge is -2.55. The average molecular weight is 622 g/mol. The van der Waals surface area contributed by atoms with Crippen LogP contribution in [0.4, 0.5) is 18.0 Å². The molecule has 0 unspecified atom stereocenters. The molecule has 2 saturated heterocycles. The van der Waals surface area contributed by atoms with Gasteiger partial charge in [-0.1, -0.05) is 60.7 Å². The fourth-order valence-electron chi connectivity index (χ4n) is 5.75. The normalized spacial score (nSPS) is 18.9. The highest BCUT2D eigenvalue weighted by molar-refractivity contribution is 5.91. The van der Waals surface area contributed by atoms with Gasteiger partial charge in [-0.15, -0.1) is 6.58 Å². The van der Waals surface area contributed by atoms with Gasteiger partial charge >= 0.3 is 12.2 Å². The molecular weight excluding hydrogens is 587 g/mol. The monoisotopic (exact) mass is 621 g/mol. The molecule has 0 spiro atoms. The molecule has 0 aliphatic carbocycles. The molecule has 5 rings (SSSR count). The number of hydrogen-bond acceptors (Lipinski definition) is 5. The zero-order valence-corrected chi connectivity index (χ0v) is 24.7. The zero-order chi connectivity index (χ0) is 32.1. The SMILES string of the molecule is C=CCN1CC(=O)N2[C@@H](Cc3ccccc3)C(=O)N(Cc3cccc(C(F)(F)F)c3)C[C@@H]2N1C(=O)NCc1ccc(OC)cc1. The van der Waals surface area contributed by atoms with E-state index in [1.807, 2.05) is 42.5 Å². The van der Waals surface area contributed by atoms with E-state index >= 15 is 0 Å². The number of piperazine rings is 1. The van der Waals surface area contributed by atoms with Crippen molar-refractivity contribution < 1.29 is 32.3 Å². The molecule has 2 aliphatic rings. The fourth-order valence-corrected chi connectivity index (χ4v) is 5.75. The Balaban J connectivity index is 1.48. The number of amides is 4. The minimum atomic E-state index is -4.55.